The van der Waals surface area contributed by atoms with Gasteiger partial charge in [-0.1, -0.05) is 147 Å². The van der Waals surface area contributed by atoms with Crippen molar-refractivity contribution in [2.75, 3.05) is 19.8 Å². The van der Waals surface area contributed by atoms with E-state index in [0.29, 0.717) is 12.8 Å². The zero-order chi connectivity index (χ0) is 35.4. The van der Waals surface area contributed by atoms with Crippen LogP contribution in [0.15, 0.2) is 36.5 Å². The number of rotatable bonds is 35. The number of hydrogen-bond acceptors (Lipinski definition) is 7. The summed E-state index contributed by atoms with van der Waals surface area (Å²) in [5, 5.41) is 0. The van der Waals surface area contributed by atoms with Crippen LogP contribution in [0.4, 0.5) is 0 Å². The Bertz CT molecular complexity index is 885. The number of phosphoric acid groups is 1. The Morgan fingerprint density at radius 2 is 1.06 bits per heavy atom. The molecule has 0 aromatic rings. The summed E-state index contributed by atoms with van der Waals surface area (Å²) in [6, 6.07) is 0. The van der Waals surface area contributed by atoms with Crippen molar-refractivity contribution in [2.24, 2.45) is 0 Å². The molecule has 0 bridgehead atoms. The summed E-state index contributed by atoms with van der Waals surface area (Å²) < 4.78 is 32.5. The van der Waals surface area contributed by atoms with Gasteiger partial charge >= 0.3 is 19.8 Å². The van der Waals surface area contributed by atoms with E-state index in [1.165, 1.54) is 64.2 Å². The maximum atomic E-state index is 12.5. The molecule has 9 heteroatoms. The van der Waals surface area contributed by atoms with Crippen LogP contribution in [0, 0.1) is 0 Å². The van der Waals surface area contributed by atoms with Gasteiger partial charge in [0.05, 0.1) is 13.2 Å². The fraction of sp³-hybridized carbons (Fsp3) is 0.795. The number of ether oxygens (including phenoxy) is 2. The third kappa shape index (κ3) is 34.1. The molecule has 0 saturated heterocycles. The second kappa shape index (κ2) is 35.1. The molecular weight excluding hydrogens is 627 g/mol. The maximum Gasteiger partial charge on any atom is 0.472 e. The summed E-state index contributed by atoms with van der Waals surface area (Å²) in [6.07, 6.45) is 37.6. The highest BCUT2D eigenvalue weighted by molar-refractivity contribution is 7.47. The molecule has 1 unspecified atom stereocenters. The molecule has 0 aliphatic heterocycles. The zero-order valence-electron chi connectivity index (χ0n) is 30.9. The first-order valence-corrected chi connectivity index (χ1v) is 20.8. The summed E-state index contributed by atoms with van der Waals surface area (Å²) in [7, 11) is -4.28. The predicted molar refractivity (Wildman–Crippen MR) is 198 cm³/mol. The van der Waals surface area contributed by atoms with Crippen LogP contribution in [0.3, 0.4) is 0 Å². The van der Waals surface area contributed by atoms with E-state index in [4.69, 9.17) is 18.5 Å². The molecular formula is C39H71O8P. The number of unbranched alkanes of at least 4 members (excludes halogenated alkanes) is 17. The van der Waals surface area contributed by atoms with E-state index in [2.05, 4.69) is 50.3 Å². The molecule has 0 rings (SSSR count). The molecule has 0 spiro atoms. The Kier molecular flexibility index (Phi) is 33.8. The maximum absolute atomic E-state index is 12.5. The first kappa shape index (κ1) is 46.3. The lowest BCUT2D eigenvalue weighted by Gasteiger charge is -2.19. The summed E-state index contributed by atoms with van der Waals surface area (Å²) in [6.45, 7) is 5.33. The van der Waals surface area contributed by atoms with Gasteiger partial charge in [-0.15, -0.1) is 0 Å². The predicted octanol–water partition coefficient (Wildman–Crippen LogP) is 11.7. The molecule has 0 aromatic carbocycles. The highest BCUT2D eigenvalue weighted by atomic mass is 31.2. The number of carbonyl (C=O) groups is 2. The highest BCUT2D eigenvalue weighted by Gasteiger charge is 2.25. The smallest absolute Gasteiger partial charge is 0.462 e. The molecule has 0 aliphatic rings. The molecule has 0 heterocycles. The van der Waals surface area contributed by atoms with Crippen LogP contribution >= 0.6 is 7.82 Å². The number of hydrogen-bond donors (Lipinski definition) is 1. The lowest BCUT2D eigenvalue weighted by atomic mass is 10.0. The Labute approximate surface area is 294 Å². The normalized spacial score (nSPS) is 13.8. The quantitative estimate of drug-likeness (QED) is 0.0301. The van der Waals surface area contributed by atoms with Crippen LogP contribution in [-0.2, 0) is 32.7 Å². The minimum atomic E-state index is -4.28. The van der Waals surface area contributed by atoms with Crippen LogP contribution in [0.2, 0.25) is 0 Å². The fourth-order valence-electron chi connectivity index (χ4n) is 5.17. The minimum Gasteiger partial charge on any atom is -0.462 e. The Hall–Kier alpha value is -1.73. The van der Waals surface area contributed by atoms with Crippen molar-refractivity contribution in [3.05, 3.63) is 36.5 Å². The van der Waals surface area contributed by atoms with Gasteiger partial charge in [-0.05, 0) is 51.9 Å². The van der Waals surface area contributed by atoms with Crippen molar-refractivity contribution in [3.63, 3.8) is 0 Å². The Balaban J connectivity index is 4.17. The van der Waals surface area contributed by atoms with E-state index in [9.17, 15) is 19.0 Å². The molecule has 48 heavy (non-hydrogen) atoms. The van der Waals surface area contributed by atoms with Crippen molar-refractivity contribution in [2.45, 2.75) is 181 Å². The number of allylic oxidation sites excluding steroid dienone is 6. The van der Waals surface area contributed by atoms with Crippen LogP contribution in [-0.4, -0.2) is 42.8 Å². The number of carbonyl (C=O) groups excluding carboxylic acids is 2. The van der Waals surface area contributed by atoms with Gasteiger partial charge in [0.2, 0.25) is 0 Å². The first-order valence-electron chi connectivity index (χ1n) is 19.3. The Morgan fingerprint density at radius 3 is 1.60 bits per heavy atom. The van der Waals surface area contributed by atoms with Gasteiger partial charge in [0, 0.05) is 12.8 Å². The van der Waals surface area contributed by atoms with Crippen LogP contribution in [0.1, 0.15) is 175 Å². The topological polar surface area (TPSA) is 108 Å². The summed E-state index contributed by atoms with van der Waals surface area (Å²) in [4.78, 5) is 34.6. The molecule has 2 atom stereocenters. The third-order valence-corrected chi connectivity index (χ3v) is 9.02. The molecule has 0 aliphatic carbocycles. The SMILES string of the molecule is CC/C=C\C/C=C\C/C=C\CCCCCCCC(=O)O[C@H](COC(=O)CCCCCCCCCCCCCCC)COP(=O)(O)OCC. The van der Waals surface area contributed by atoms with Crippen LogP contribution in [0.25, 0.3) is 0 Å². The molecule has 0 amide bonds. The third-order valence-electron chi connectivity index (χ3n) is 7.96. The average Bonchev–Trinajstić information content (AvgIpc) is 3.06. The molecule has 1 N–H and O–H groups in total. The van der Waals surface area contributed by atoms with Gasteiger partial charge < -0.3 is 14.4 Å². The van der Waals surface area contributed by atoms with Crippen molar-refractivity contribution in [1.82, 2.24) is 0 Å². The highest BCUT2D eigenvalue weighted by Crippen LogP contribution is 2.43. The summed E-state index contributed by atoms with van der Waals surface area (Å²) in [5.74, 6) is -0.816. The number of phosphoric ester groups is 1. The van der Waals surface area contributed by atoms with E-state index >= 15 is 0 Å². The van der Waals surface area contributed by atoms with Crippen molar-refractivity contribution >= 4 is 19.8 Å². The first-order chi connectivity index (χ1) is 23.3. The summed E-state index contributed by atoms with van der Waals surface area (Å²) >= 11 is 0. The zero-order valence-corrected chi connectivity index (χ0v) is 31.8. The van der Waals surface area contributed by atoms with E-state index in [1.807, 2.05) is 0 Å². The van der Waals surface area contributed by atoms with E-state index in [0.717, 1.165) is 70.6 Å². The standard InChI is InChI=1S/C39H71O8P/c1-4-7-9-11-13-15-17-19-20-22-24-26-28-30-32-34-39(41)47-37(36-46-48(42,43)45-6-3)35-44-38(40)33-31-29-27-25-23-21-18-16-14-12-10-8-5-2/h7,9,13,15,19-20,37H,4-6,8,10-12,14,16-18,21-36H2,1-3H3,(H,42,43)/b9-7-,15-13-,20-19-/t37-/m1/s1. The monoisotopic (exact) mass is 698 g/mol. The van der Waals surface area contributed by atoms with E-state index in [1.54, 1.807) is 6.92 Å². The Morgan fingerprint density at radius 1 is 0.583 bits per heavy atom. The van der Waals surface area contributed by atoms with Gasteiger partial charge in [0.15, 0.2) is 6.10 Å². The van der Waals surface area contributed by atoms with Gasteiger partial charge in [0.25, 0.3) is 0 Å². The molecule has 0 saturated carbocycles. The van der Waals surface area contributed by atoms with Crippen LogP contribution < -0.4 is 0 Å². The van der Waals surface area contributed by atoms with E-state index in [-0.39, 0.29) is 25.6 Å². The molecule has 0 radical (unpaired) electrons. The minimum absolute atomic E-state index is 0.00280. The fourth-order valence-corrected chi connectivity index (χ4v) is 5.93. The summed E-state index contributed by atoms with van der Waals surface area (Å²) in [5.41, 5.74) is 0. The van der Waals surface area contributed by atoms with Gasteiger partial charge in [0.1, 0.15) is 6.61 Å². The van der Waals surface area contributed by atoms with Crippen molar-refractivity contribution < 1.29 is 37.6 Å². The average molecular weight is 699 g/mol. The van der Waals surface area contributed by atoms with Crippen LogP contribution in [0.5, 0.6) is 0 Å². The van der Waals surface area contributed by atoms with Gasteiger partial charge in [-0.25, -0.2) is 4.57 Å². The number of esters is 2. The second-order valence-corrected chi connectivity index (χ2v) is 14.0. The van der Waals surface area contributed by atoms with Gasteiger partial charge in [-0.2, -0.15) is 0 Å². The largest absolute Gasteiger partial charge is 0.472 e. The van der Waals surface area contributed by atoms with Crippen molar-refractivity contribution in [3.8, 4) is 0 Å². The molecule has 280 valence electrons. The molecule has 0 fully saturated rings. The van der Waals surface area contributed by atoms with Gasteiger partial charge in [-0.3, -0.25) is 18.6 Å². The second-order valence-electron chi connectivity index (χ2n) is 12.6. The molecule has 8 nitrogen and oxygen atoms in total. The molecule has 0 aromatic heterocycles. The van der Waals surface area contributed by atoms with E-state index < -0.39 is 26.5 Å². The lowest BCUT2D eigenvalue weighted by Crippen LogP contribution is -2.29. The lowest BCUT2D eigenvalue weighted by molar-refractivity contribution is -0.161. The van der Waals surface area contributed by atoms with Crippen molar-refractivity contribution in [1.29, 1.82) is 0 Å².